The summed E-state index contributed by atoms with van der Waals surface area (Å²) in [5, 5.41) is 9.08. The van der Waals surface area contributed by atoms with E-state index in [0.29, 0.717) is 17.5 Å². The first-order valence-corrected chi connectivity index (χ1v) is 7.65. The van der Waals surface area contributed by atoms with Crippen LogP contribution in [0.3, 0.4) is 0 Å². The Morgan fingerprint density at radius 2 is 2.25 bits per heavy atom. The number of pyridine rings is 1. The van der Waals surface area contributed by atoms with Gasteiger partial charge in [-0.15, -0.1) is 0 Å². The van der Waals surface area contributed by atoms with Crippen LogP contribution in [-0.2, 0) is 12.8 Å². The summed E-state index contributed by atoms with van der Waals surface area (Å²) >= 11 is 5.20. The zero-order chi connectivity index (χ0) is 14.7. The Hall–Kier alpha value is -1.20. The van der Waals surface area contributed by atoms with Crippen LogP contribution in [0.25, 0.3) is 0 Å². The van der Waals surface area contributed by atoms with E-state index in [1.165, 1.54) is 11.3 Å². The topological polar surface area (TPSA) is 62.4 Å². The first-order chi connectivity index (χ1) is 9.54. The van der Waals surface area contributed by atoms with E-state index in [-0.39, 0.29) is 6.61 Å². The molecular weight excluding hydrogens is 270 g/mol. The van der Waals surface area contributed by atoms with E-state index < -0.39 is 0 Å². The molecule has 0 unspecified atom stereocenters. The number of nitrogens with two attached hydrogens (primary N) is 1. The number of nitrogens with zero attached hydrogens (tertiary/aromatic N) is 2. The van der Waals surface area contributed by atoms with Gasteiger partial charge < -0.3 is 15.7 Å². The molecule has 1 aromatic heterocycles. The van der Waals surface area contributed by atoms with E-state index >= 15 is 0 Å². The van der Waals surface area contributed by atoms with Crippen LogP contribution in [0.1, 0.15) is 43.5 Å². The van der Waals surface area contributed by atoms with Crippen molar-refractivity contribution in [3.05, 3.63) is 22.9 Å². The summed E-state index contributed by atoms with van der Waals surface area (Å²) in [5.41, 5.74) is 9.21. The molecule has 0 bridgehead atoms. The second kappa shape index (κ2) is 6.50. The average Bonchev–Trinajstić information content (AvgIpc) is 2.84. The Labute approximate surface area is 126 Å². The lowest BCUT2D eigenvalue weighted by Gasteiger charge is -2.30. The van der Waals surface area contributed by atoms with Crippen molar-refractivity contribution in [2.24, 2.45) is 5.73 Å². The highest BCUT2D eigenvalue weighted by Gasteiger charge is 2.22. The lowest BCUT2D eigenvalue weighted by Crippen LogP contribution is -2.35. The van der Waals surface area contributed by atoms with Gasteiger partial charge in [0.15, 0.2) is 0 Å². The number of hydrogen-bond donors (Lipinski definition) is 2. The third-order valence-electron chi connectivity index (χ3n) is 3.75. The lowest BCUT2D eigenvalue weighted by molar-refractivity contribution is 0.288. The van der Waals surface area contributed by atoms with Gasteiger partial charge in [0.2, 0.25) is 0 Å². The van der Waals surface area contributed by atoms with Crippen LogP contribution in [-0.4, -0.2) is 34.3 Å². The number of fused-ring (bicyclic) bond motifs is 1. The number of anilines is 1. The Balaban J connectivity index is 2.43. The fourth-order valence-electron chi connectivity index (χ4n) is 2.71. The highest BCUT2D eigenvalue weighted by atomic mass is 32.1. The number of thiocarbonyl (C=S) groups is 1. The second-order valence-electron chi connectivity index (χ2n) is 5.55. The van der Waals surface area contributed by atoms with Crippen molar-refractivity contribution in [1.29, 1.82) is 0 Å². The summed E-state index contributed by atoms with van der Waals surface area (Å²) in [6, 6.07) is 2.41. The first-order valence-electron chi connectivity index (χ1n) is 7.24. The molecule has 0 aromatic carbocycles. The number of rotatable bonds is 6. The lowest BCUT2D eigenvalue weighted by atomic mass is 10.1. The maximum Gasteiger partial charge on any atom is 0.139 e. The molecule has 0 amide bonds. The maximum atomic E-state index is 9.08. The highest BCUT2D eigenvalue weighted by Crippen LogP contribution is 2.28. The molecule has 1 heterocycles. The molecule has 1 aliphatic carbocycles. The van der Waals surface area contributed by atoms with E-state index in [9.17, 15) is 0 Å². The van der Waals surface area contributed by atoms with Crippen LogP contribution < -0.4 is 10.6 Å². The molecule has 3 N–H and O–H groups in total. The largest absolute Gasteiger partial charge is 0.396 e. The Morgan fingerprint density at radius 1 is 1.50 bits per heavy atom. The molecule has 0 spiro atoms. The van der Waals surface area contributed by atoms with Crippen molar-refractivity contribution in [2.45, 2.75) is 45.6 Å². The standard InChI is InChI=1S/C15H23N3OS/c1-10(2)18(7-4-8-19)15-12(14(16)20)9-11-5-3-6-13(11)17-15/h9-10,19H,3-8H2,1-2H3,(H2,16,20). The monoisotopic (exact) mass is 293 g/mol. The van der Waals surface area contributed by atoms with Gasteiger partial charge in [-0.3, -0.25) is 0 Å². The Kier molecular flexibility index (Phi) is 4.94. The molecule has 5 heteroatoms. The van der Waals surface area contributed by atoms with Crippen molar-refractivity contribution in [1.82, 2.24) is 4.98 Å². The first kappa shape index (κ1) is 15.2. The van der Waals surface area contributed by atoms with Gasteiger partial charge in [0.25, 0.3) is 0 Å². The number of hydrogen-bond acceptors (Lipinski definition) is 4. The number of aliphatic hydroxyl groups excluding tert-OH is 1. The normalized spacial score (nSPS) is 13.6. The second-order valence-corrected chi connectivity index (χ2v) is 5.99. The molecule has 1 aromatic rings. The van der Waals surface area contributed by atoms with Gasteiger partial charge in [-0.2, -0.15) is 0 Å². The van der Waals surface area contributed by atoms with Gasteiger partial charge in [0.1, 0.15) is 10.8 Å². The third kappa shape index (κ3) is 3.10. The van der Waals surface area contributed by atoms with Crippen molar-refractivity contribution < 1.29 is 5.11 Å². The van der Waals surface area contributed by atoms with E-state index in [4.69, 9.17) is 28.0 Å². The van der Waals surface area contributed by atoms with Crippen molar-refractivity contribution in [2.75, 3.05) is 18.1 Å². The molecule has 2 rings (SSSR count). The molecule has 1 aliphatic rings. The van der Waals surface area contributed by atoms with E-state index in [0.717, 1.165) is 37.2 Å². The number of aliphatic hydroxyl groups is 1. The zero-order valence-corrected chi connectivity index (χ0v) is 13.0. The average molecular weight is 293 g/mol. The van der Waals surface area contributed by atoms with Gasteiger partial charge >= 0.3 is 0 Å². The molecule has 0 fully saturated rings. The summed E-state index contributed by atoms with van der Waals surface area (Å²) in [7, 11) is 0. The smallest absolute Gasteiger partial charge is 0.139 e. The summed E-state index contributed by atoms with van der Waals surface area (Å²) in [4.78, 5) is 7.41. The van der Waals surface area contributed by atoms with Crippen LogP contribution in [0, 0.1) is 0 Å². The number of aryl methyl sites for hydroxylation is 2. The van der Waals surface area contributed by atoms with Gasteiger partial charge in [-0.05, 0) is 51.2 Å². The molecular formula is C15H23N3OS. The zero-order valence-electron chi connectivity index (χ0n) is 12.2. The van der Waals surface area contributed by atoms with Crippen LogP contribution in [0.2, 0.25) is 0 Å². The summed E-state index contributed by atoms with van der Waals surface area (Å²) < 4.78 is 0. The van der Waals surface area contributed by atoms with Crippen LogP contribution in [0.15, 0.2) is 6.07 Å². The van der Waals surface area contributed by atoms with Gasteiger partial charge in [0, 0.05) is 24.9 Å². The van der Waals surface area contributed by atoms with E-state index in [2.05, 4.69) is 24.8 Å². The van der Waals surface area contributed by atoms with Crippen LogP contribution in [0.5, 0.6) is 0 Å². The molecule has 0 saturated carbocycles. The quantitative estimate of drug-likeness (QED) is 0.783. The minimum atomic E-state index is 0.177. The minimum absolute atomic E-state index is 0.177. The summed E-state index contributed by atoms with van der Waals surface area (Å²) in [6.07, 6.45) is 3.97. The minimum Gasteiger partial charge on any atom is -0.396 e. The summed E-state index contributed by atoms with van der Waals surface area (Å²) in [6.45, 7) is 5.18. The molecule has 4 nitrogen and oxygen atoms in total. The molecule has 0 radical (unpaired) electrons. The Bertz CT molecular complexity index is 502. The molecule has 0 saturated heterocycles. The Morgan fingerprint density at radius 3 is 2.85 bits per heavy atom. The fourth-order valence-corrected chi connectivity index (χ4v) is 2.86. The summed E-state index contributed by atoms with van der Waals surface area (Å²) in [5.74, 6) is 0.876. The van der Waals surface area contributed by atoms with Crippen molar-refractivity contribution in [3.63, 3.8) is 0 Å². The fraction of sp³-hybridized carbons (Fsp3) is 0.600. The van der Waals surface area contributed by atoms with E-state index in [1.54, 1.807) is 0 Å². The molecule has 110 valence electrons. The maximum absolute atomic E-state index is 9.08. The molecule has 0 atom stereocenters. The predicted molar refractivity (Wildman–Crippen MR) is 86.3 cm³/mol. The van der Waals surface area contributed by atoms with Gasteiger partial charge in [-0.1, -0.05) is 12.2 Å². The van der Waals surface area contributed by atoms with Crippen molar-refractivity contribution in [3.8, 4) is 0 Å². The number of aromatic nitrogens is 1. The van der Waals surface area contributed by atoms with Gasteiger partial charge in [-0.25, -0.2) is 4.98 Å². The third-order valence-corrected chi connectivity index (χ3v) is 3.97. The predicted octanol–water partition coefficient (Wildman–Crippen LogP) is 1.80. The van der Waals surface area contributed by atoms with E-state index in [1.807, 2.05) is 0 Å². The van der Waals surface area contributed by atoms with Crippen molar-refractivity contribution >= 4 is 23.0 Å². The highest BCUT2D eigenvalue weighted by molar-refractivity contribution is 7.80. The molecule has 0 aliphatic heterocycles. The van der Waals surface area contributed by atoms with Gasteiger partial charge in [0.05, 0.1) is 5.56 Å². The van der Waals surface area contributed by atoms with Crippen LogP contribution in [0.4, 0.5) is 5.82 Å². The van der Waals surface area contributed by atoms with Crippen LogP contribution >= 0.6 is 12.2 Å². The molecule has 20 heavy (non-hydrogen) atoms. The SMILES string of the molecule is CC(C)N(CCCO)c1nc2c(cc1C(N)=S)CCC2.